The zero-order valence-electron chi connectivity index (χ0n) is 10.6. The van der Waals surface area contributed by atoms with Crippen LogP contribution in [0.2, 0.25) is 0 Å². The maximum Gasteiger partial charge on any atom is 0.0590 e. The Bertz CT molecular complexity index is 311. The molecule has 2 rings (SSSR count). The van der Waals surface area contributed by atoms with Crippen LogP contribution in [0.5, 0.6) is 0 Å². The molecule has 3 heteroatoms. The van der Waals surface area contributed by atoms with Crippen LogP contribution in [0.3, 0.4) is 0 Å². The predicted octanol–water partition coefficient (Wildman–Crippen LogP) is 2.55. The van der Waals surface area contributed by atoms with Gasteiger partial charge in [-0.05, 0) is 37.8 Å². The van der Waals surface area contributed by atoms with E-state index in [0.717, 1.165) is 25.7 Å². The van der Waals surface area contributed by atoms with Gasteiger partial charge in [-0.2, -0.15) is 0 Å². The van der Waals surface area contributed by atoms with Crippen LogP contribution in [0.25, 0.3) is 0 Å². The van der Waals surface area contributed by atoms with Gasteiger partial charge in [0.2, 0.25) is 0 Å². The Morgan fingerprint density at radius 2 is 2.35 bits per heavy atom. The molecule has 0 radical (unpaired) electrons. The molecular weight excluding hydrogens is 212 g/mol. The smallest absolute Gasteiger partial charge is 0.0590 e. The Kier molecular flexibility index (Phi) is 4.95. The topological polar surface area (TPSA) is 34.1 Å². The highest BCUT2D eigenvalue weighted by Crippen LogP contribution is 2.36. The van der Waals surface area contributed by atoms with E-state index in [1.807, 2.05) is 19.2 Å². The summed E-state index contributed by atoms with van der Waals surface area (Å²) in [6, 6.07) is 6.57. The van der Waals surface area contributed by atoms with Gasteiger partial charge in [0.15, 0.2) is 0 Å². The van der Waals surface area contributed by atoms with Crippen molar-refractivity contribution in [1.82, 2.24) is 10.3 Å². The molecule has 3 nitrogen and oxygen atoms in total. The predicted molar refractivity (Wildman–Crippen MR) is 68.8 cm³/mol. The Labute approximate surface area is 104 Å². The van der Waals surface area contributed by atoms with Crippen LogP contribution in [0, 0.1) is 5.92 Å². The largest absolute Gasteiger partial charge is 0.380 e. The van der Waals surface area contributed by atoms with E-state index >= 15 is 0 Å². The zero-order valence-corrected chi connectivity index (χ0v) is 10.6. The fourth-order valence-corrected chi connectivity index (χ4v) is 2.28. The van der Waals surface area contributed by atoms with Gasteiger partial charge in [-0.15, -0.1) is 0 Å². The molecule has 1 atom stereocenters. The highest BCUT2D eigenvalue weighted by Gasteiger charge is 2.28. The second kappa shape index (κ2) is 6.72. The molecule has 1 aliphatic rings. The molecule has 1 N–H and O–H groups in total. The van der Waals surface area contributed by atoms with Crippen LogP contribution in [0.15, 0.2) is 24.4 Å². The van der Waals surface area contributed by atoms with Gasteiger partial charge in [-0.3, -0.25) is 4.98 Å². The first-order valence-electron chi connectivity index (χ1n) is 6.64. The third kappa shape index (κ3) is 3.51. The SMILES string of the molecule is CCOCCNC(c1ccccn1)C1CCC1. The van der Waals surface area contributed by atoms with Gasteiger partial charge in [-0.1, -0.05) is 12.5 Å². The van der Waals surface area contributed by atoms with E-state index in [1.54, 1.807) is 0 Å². The molecule has 1 aliphatic carbocycles. The van der Waals surface area contributed by atoms with Crippen molar-refractivity contribution in [3.05, 3.63) is 30.1 Å². The summed E-state index contributed by atoms with van der Waals surface area (Å²) < 4.78 is 5.37. The molecule has 1 aromatic heterocycles. The Balaban J connectivity index is 1.89. The first-order valence-corrected chi connectivity index (χ1v) is 6.64. The molecule has 1 unspecified atom stereocenters. The molecule has 17 heavy (non-hydrogen) atoms. The van der Waals surface area contributed by atoms with Crippen LogP contribution >= 0.6 is 0 Å². The van der Waals surface area contributed by atoms with Gasteiger partial charge in [0.05, 0.1) is 18.3 Å². The summed E-state index contributed by atoms with van der Waals surface area (Å²) in [5.41, 5.74) is 1.17. The van der Waals surface area contributed by atoms with Gasteiger partial charge < -0.3 is 10.1 Å². The number of pyridine rings is 1. The summed E-state index contributed by atoms with van der Waals surface area (Å²) >= 11 is 0. The average Bonchev–Trinajstić information content (AvgIpc) is 2.32. The third-order valence-corrected chi connectivity index (χ3v) is 3.44. The van der Waals surface area contributed by atoms with E-state index in [0.29, 0.717) is 6.04 Å². The van der Waals surface area contributed by atoms with E-state index < -0.39 is 0 Å². The van der Waals surface area contributed by atoms with Crippen LogP contribution in [-0.4, -0.2) is 24.7 Å². The Morgan fingerprint density at radius 1 is 1.47 bits per heavy atom. The van der Waals surface area contributed by atoms with Crippen LogP contribution in [0.4, 0.5) is 0 Å². The zero-order chi connectivity index (χ0) is 11.9. The molecule has 1 heterocycles. The maximum atomic E-state index is 5.37. The highest BCUT2D eigenvalue weighted by atomic mass is 16.5. The molecule has 94 valence electrons. The first kappa shape index (κ1) is 12.5. The summed E-state index contributed by atoms with van der Waals surface area (Å²) in [7, 11) is 0. The molecule has 1 saturated carbocycles. The number of aromatic nitrogens is 1. The monoisotopic (exact) mass is 234 g/mol. The van der Waals surface area contributed by atoms with Gasteiger partial charge >= 0.3 is 0 Å². The minimum absolute atomic E-state index is 0.408. The molecule has 1 aromatic rings. The lowest BCUT2D eigenvalue weighted by Gasteiger charge is -2.34. The molecule has 0 aromatic carbocycles. The van der Waals surface area contributed by atoms with Gasteiger partial charge in [0.1, 0.15) is 0 Å². The minimum Gasteiger partial charge on any atom is -0.380 e. The molecular formula is C14H22N2O. The number of rotatable bonds is 7. The molecule has 0 amide bonds. The quantitative estimate of drug-likeness (QED) is 0.736. The Hall–Kier alpha value is -0.930. The van der Waals surface area contributed by atoms with Crippen molar-refractivity contribution >= 4 is 0 Å². The molecule has 0 spiro atoms. The number of nitrogens with one attached hydrogen (secondary N) is 1. The lowest BCUT2D eigenvalue weighted by atomic mass is 9.78. The number of ether oxygens (including phenoxy) is 1. The van der Waals surface area contributed by atoms with E-state index in [1.165, 1.54) is 25.0 Å². The van der Waals surface area contributed by atoms with E-state index in [2.05, 4.69) is 22.4 Å². The van der Waals surface area contributed by atoms with Crippen molar-refractivity contribution < 1.29 is 4.74 Å². The highest BCUT2D eigenvalue weighted by molar-refractivity contribution is 5.11. The summed E-state index contributed by atoms with van der Waals surface area (Å²) in [6.45, 7) is 4.51. The normalized spacial score (nSPS) is 17.7. The number of nitrogens with zero attached hydrogens (tertiary/aromatic N) is 1. The van der Waals surface area contributed by atoms with Gasteiger partial charge in [0, 0.05) is 19.3 Å². The van der Waals surface area contributed by atoms with Crippen LogP contribution in [-0.2, 0) is 4.74 Å². The number of hydrogen-bond acceptors (Lipinski definition) is 3. The second-order valence-corrected chi connectivity index (χ2v) is 4.57. The van der Waals surface area contributed by atoms with Crippen molar-refractivity contribution in [3.8, 4) is 0 Å². The van der Waals surface area contributed by atoms with E-state index in [4.69, 9.17) is 4.74 Å². The molecule has 1 fully saturated rings. The minimum atomic E-state index is 0.408. The van der Waals surface area contributed by atoms with Crippen LogP contribution < -0.4 is 5.32 Å². The lowest BCUT2D eigenvalue weighted by Crippen LogP contribution is -2.34. The van der Waals surface area contributed by atoms with Crippen LogP contribution in [0.1, 0.15) is 37.9 Å². The van der Waals surface area contributed by atoms with E-state index in [-0.39, 0.29) is 0 Å². The summed E-state index contributed by atoms with van der Waals surface area (Å²) in [5.74, 6) is 0.756. The lowest BCUT2D eigenvalue weighted by molar-refractivity contribution is 0.137. The van der Waals surface area contributed by atoms with E-state index in [9.17, 15) is 0 Å². The average molecular weight is 234 g/mol. The van der Waals surface area contributed by atoms with Crippen molar-refractivity contribution in [1.29, 1.82) is 0 Å². The first-order chi connectivity index (χ1) is 8.42. The fourth-order valence-electron chi connectivity index (χ4n) is 2.28. The molecule has 0 saturated heterocycles. The Morgan fingerprint density at radius 3 is 2.94 bits per heavy atom. The summed E-state index contributed by atoms with van der Waals surface area (Å²) in [4.78, 5) is 4.48. The van der Waals surface area contributed by atoms with Crippen molar-refractivity contribution in [2.24, 2.45) is 5.92 Å². The van der Waals surface area contributed by atoms with Gasteiger partial charge in [0.25, 0.3) is 0 Å². The second-order valence-electron chi connectivity index (χ2n) is 4.57. The maximum absolute atomic E-state index is 5.37. The molecule has 0 aliphatic heterocycles. The van der Waals surface area contributed by atoms with Crippen molar-refractivity contribution in [2.45, 2.75) is 32.2 Å². The van der Waals surface area contributed by atoms with Crippen molar-refractivity contribution in [3.63, 3.8) is 0 Å². The summed E-state index contributed by atoms with van der Waals surface area (Å²) in [6.07, 6.45) is 5.89. The fraction of sp³-hybridized carbons (Fsp3) is 0.643. The summed E-state index contributed by atoms with van der Waals surface area (Å²) in [5, 5.41) is 3.59. The van der Waals surface area contributed by atoms with Gasteiger partial charge in [-0.25, -0.2) is 0 Å². The third-order valence-electron chi connectivity index (χ3n) is 3.44. The number of hydrogen-bond donors (Lipinski definition) is 1. The van der Waals surface area contributed by atoms with Crippen molar-refractivity contribution in [2.75, 3.05) is 19.8 Å². The standard InChI is InChI=1S/C14H22N2O/c1-2-17-11-10-16-14(12-6-5-7-12)13-8-3-4-9-15-13/h3-4,8-9,12,14,16H,2,5-7,10-11H2,1H3. The molecule has 0 bridgehead atoms.